The average Bonchev–Trinajstić information content (AvgIpc) is 3.34. The maximum atomic E-state index is 7.44. The van der Waals surface area contributed by atoms with Gasteiger partial charge in [0.15, 0.2) is 5.82 Å². The smallest absolute Gasteiger partial charge is 0.160 e. The first-order chi connectivity index (χ1) is 29.8. The molecule has 0 saturated heterocycles. The molecule has 0 radical (unpaired) electrons. The van der Waals surface area contributed by atoms with Gasteiger partial charge < -0.3 is 4.74 Å². The van der Waals surface area contributed by atoms with Gasteiger partial charge in [-0.1, -0.05) is 200 Å². The van der Waals surface area contributed by atoms with E-state index in [9.17, 15) is 0 Å². The van der Waals surface area contributed by atoms with Crippen molar-refractivity contribution in [3.05, 3.63) is 247 Å². The fourth-order valence-corrected chi connectivity index (χ4v) is 8.95. The van der Waals surface area contributed by atoms with Crippen molar-refractivity contribution >= 4 is 10.9 Å². The summed E-state index contributed by atoms with van der Waals surface area (Å²) in [6, 6.07) is 76.5. The van der Waals surface area contributed by atoms with E-state index in [1.54, 1.807) is 0 Å². The standard InChI is InChI=1S/C56H37N3O/c1-5-17-40(18-6-1)50-37-51(59-55(58-50)42-19-7-2-8-20-42)47-29-15-31-49-54(47)60-53-46(39-34-32-38(33-35-39)45-27-13-21-41-22-16-36-57-52(41)45)28-14-30-48(53)56(49,43-23-9-3-10-24-43)44-25-11-4-12-26-44/h1-37H. The summed E-state index contributed by atoms with van der Waals surface area (Å²) >= 11 is 0. The van der Waals surface area contributed by atoms with E-state index in [1.807, 2.05) is 48.7 Å². The van der Waals surface area contributed by atoms with Crippen molar-refractivity contribution in [3.63, 3.8) is 0 Å². The second kappa shape index (κ2) is 14.8. The Bertz CT molecular complexity index is 3050. The van der Waals surface area contributed by atoms with Crippen LogP contribution in [0.25, 0.3) is 67.1 Å². The minimum Gasteiger partial charge on any atom is -0.455 e. The highest BCUT2D eigenvalue weighted by Gasteiger charge is 2.47. The topological polar surface area (TPSA) is 47.9 Å². The van der Waals surface area contributed by atoms with Gasteiger partial charge in [-0.3, -0.25) is 4.98 Å². The molecule has 60 heavy (non-hydrogen) atoms. The third-order valence-electron chi connectivity index (χ3n) is 11.7. The molecule has 11 rings (SSSR count). The summed E-state index contributed by atoms with van der Waals surface area (Å²) in [6.07, 6.45) is 1.86. The highest BCUT2D eigenvalue weighted by molar-refractivity contribution is 5.94. The zero-order valence-corrected chi connectivity index (χ0v) is 32.6. The number of aromatic nitrogens is 3. The molecule has 0 saturated carbocycles. The van der Waals surface area contributed by atoms with Crippen LogP contribution in [0.3, 0.4) is 0 Å². The Morgan fingerprint density at radius 1 is 0.367 bits per heavy atom. The number of pyridine rings is 1. The molecule has 0 aliphatic carbocycles. The monoisotopic (exact) mass is 767 g/mol. The van der Waals surface area contributed by atoms with E-state index in [-0.39, 0.29) is 0 Å². The van der Waals surface area contributed by atoms with Gasteiger partial charge in [-0.25, -0.2) is 9.97 Å². The van der Waals surface area contributed by atoms with E-state index in [1.165, 1.54) is 0 Å². The van der Waals surface area contributed by atoms with Gasteiger partial charge in [-0.15, -0.1) is 0 Å². The maximum absolute atomic E-state index is 7.44. The first kappa shape index (κ1) is 35.2. The van der Waals surface area contributed by atoms with Crippen molar-refractivity contribution in [1.29, 1.82) is 0 Å². The molecule has 0 atom stereocenters. The summed E-state index contributed by atoms with van der Waals surface area (Å²) in [5.74, 6) is 2.23. The van der Waals surface area contributed by atoms with Crippen molar-refractivity contribution in [3.8, 4) is 67.7 Å². The zero-order chi connectivity index (χ0) is 39.9. The van der Waals surface area contributed by atoms with E-state index in [0.717, 1.165) is 95.0 Å². The van der Waals surface area contributed by atoms with Crippen LogP contribution in [0.1, 0.15) is 22.3 Å². The number of hydrogen-bond acceptors (Lipinski definition) is 4. The van der Waals surface area contributed by atoms with E-state index >= 15 is 0 Å². The van der Waals surface area contributed by atoms with Gasteiger partial charge in [0.25, 0.3) is 0 Å². The molecule has 0 fully saturated rings. The van der Waals surface area contributed by atoms with Crippen LogP contribution in [0, 0.1) is 0 Å². The number of benzene rings is 8. The second-order valence-corrected chi connectivity index (χ2v) is 15.1. The van der Waals surface area contributed by atoms with Crippen LogP contribution in [-0.2, 0) is 5.41 Å². The van der Waals surface area contributed by atoms with Crippen LogP contribution >= 0.6 is 0 Å². The van der Waals surface area contributed by atoms with Crippen molar-refractivity contribution < 1.29 is 4.74 Å². The Balaban J connectivity index is 1.16. The minimum atomic E-state index is -0.733. The molecule has 0 spiro atoms. The highest BCUT2D eigenvalue weighted by Crippen LogP contribution is 2.59. The molecule has 0 amide bonds. The summed E-state index contributed by atoms with van der Waals surface area (Å²) in [6.45, 7) is 0. The first-order valence-corrected chi connectivity index (χ1v) is 20.3. The van der Waals surface area contributed by atoms with Gasteiger partial charge in [-0.05, 0) is 40.5 Å². The number of fused-ring (bicyclic) bond motifs is 3. The SMILES string of the molecule is c1ccc(-c2cc(-c3cccc4c3Oc3c(-c5ccc(-c6cccc7cccnc67)cc5)cccc3C4(c3ccccc3)c3ccccc3)nc(-c3ccccc3)n2)cc1. The Labute approximate surface area is 349 Å². The Kier molecular flexibility index (Phi) is 8.67. The molecule has 282 valence electrons. The molecule has 2 aromatic heterocycles. The van der Waals surface area contributed by atoms with Gasteiger partial charge in [0.05, 0.1) is 22.3 Å². The number of hydrogen-bond donors (Lipinski definition) is 0. The highest BCUT2D eigenvalue weighted by atomic mass is 16.5. The lowest BCUT2D eigenvalue weighted by Gasteiger charge is -2.42. The zero-order valence-electron chi connectivity index (χ0n) is 32.6. The van der Waals surface area contributed by atoms with Gasteiger partial charge in [-0.2, -0.15) is 0 Å². The molecule has 3 heterocycles. The van der Waals surface area contributed by atoms with Crippen LogP contribution in [0.15, 0.2) is 225 Å². The first-order valence-electron chi connectivity index (χ1n) is 20.3. The normalized spacial score (nSPS) is 12.6. The predicted molar refractivity (Wildman–Crippen MR) is 243 cm³/mol. The lowest BCUT2D eigenvalue weighted by molar-refractivity contribution is 0.438. The number of nitrogens with zero attached hydrogens (tertiary/aromatic N) is 3. The van der Waals surface area contributed by atoms with E-state index in [2.05, 4.69) is 176 Å². The van der Waals surface area contributed by atoms with Crippen LogP contribution in [0.2, 0.25) is 0 Å². The Morgan fingerprint density at radius 2 is 0.867 bits per heavy atom. The fourth-order valence-electron chi connectivity index (χ4n) is 8.95. The molecule has 1 aliphatic rings. The van der Waals surface area contributed by atoms with Crippen molar-refractivity contribution in [2.24, 2.45) is 0 Å². The largest absolute Gasteiger partial charge is 0.455 e. The Hall–Kier alpha value is -7.95. The van der Waals surface area contributed by atoms with Crippen molar-refractivity contribution in [1.82, 2.24) is 15.0 Å². The summed E-state index contributed by atoms with van der Waals surface area (Å²) in [4.78, 5) is 15.2. The van der Waals surface area contributed by atoms with Gasteiger partial charge in [0.2, 0.25) is 0 Å². The maximum Gasteiger partial charge on any atom is 0.160 e. The van der Waals surface area contributed by atoms with E-state index in [0.29, 0.717) is 5.82 Å². The van der Waals surface area contributed by atoms with Crippen molar-refractivity contribution in [2.45, 2.75) is 5.41 Å². The summed E-state index contributed by atoms with van der Waals surface area (Å²) in [5, 5.41) is 1.12. The quantitative estimate of drug-likeness (QED) is 0.162. The minimum absolute atomic E-state index is 0.653. The molecule has 0 N–H and O–H groups in total. The molecule has 4 nitrogen and oxygen atoms in total. The molecule has 0 unspecified atom stereocenters. The lowest BCUT2D eigenvalue weighted by Crippen LogP contribution is -2.34. The molecular formula is C56H37N3O. The lowest BCUT2D eigenvalue weighted by atomic mass is 9.63. The predicted octanol–water partition coefficient (Wildman–Crippen LogP) is 13.8. The van der Waals surface area contributed by atoms with Gasteiger partial charge in [0, 0.05) is 50.5 Å². The molecule has 0 bridgehead atoms. The van der Waals surface area contributed by atoms with Crippen LogP contribution in [-0.4, -0.2) is 15.0 Å². The van der Waals surface area contributed by atoms with Crippen LogP contribution < -0.4 is 4.74 Å². The molecule has 1 aliphatic heterocycles. The van der Waals surface area contributed by atoms with Gasteiger partial charge in [0.1, 0.15) is 11.5 Å². The summed E-state index contributed by atoms with van der Waals surface area (Å²) < 4.78 is 7.44. The second-order valence-electron chi connectivity index (χ2n) is 15.1. The molecule has 10 aromatic rings. The third kappa shape index (κ3) is 5.88. The van der Waals surface area contributed by atoms with Crippen LogP contribution in [0.4, 0.5) is 0 Å². The molecular weight excluding hydrogens is 731 g/mol. The van der Waals surface area contributed by atoms with E-state index in [4.69, 9.17) is 19.7 Å². The summed E-state index contributed by atoms with van der Waals surface area (Å²) in [7, 11) is 0. The van der Waals surface area contributed by atoms with Gasteiger partial charge >= 0.3 is 0 Å². The summed E-state index contributed by atoms with van der Waals surface area (Å²) in [5.41, 5.74) is 13.4. The fraction of sp³-hybridized carbons (Fsp3) is 0.0179. The Morgan fingerprint density at radius 3 is 1.52 bits per heavy atom. The van der Waals surface area contributed by atoms with E-state index < -0.39 is 5.41 Å². The van der Waals surface area contributed by atoms with Crippen molar-refractivity contribution in [2.75, 3.05) is 0 Å². The average molecular weight is 768 g/mol. The third-order valence-corrected chi connectivity index (χ3v) is 11.7. The number of para-hydroxylation sites is 3. The number of ether oxygens (including phenoxy) is 1. The van der Waals surface area contributed by atoms with Crippen LogP contribution in [0.5, 0.6) is 11.5 Å². The number of rotatable bonds is 7. The molecule has 8 aromatic carbocycles. The molecule has 4 heteroatoms.